The second-order valence-corrected chi connectivity index (χ2v) is 5.23. The number of nitrogens with one attached hydrogen (secondary N) is 1. The van der Waals surface area contributed by atoms with Crippen molar-refractivity contribution in [3.05, 3.63) is 52.9 Å². The Labute approximate surface area is 134 Å². The van der Waals surface area contributed by atoms with Crippen LogP contribution in [0.15, 0.2) is 34.9 Å². The van der Waals surface area contributed by atoms with E-state index >= 15 is 0 Å². The van der Waals surface area contributed by atoms with Crippen molar-refractivity contribution in [3.63, 3.8) is 0 Å². The summed E-state index contributed by atoms with van der Waals surface area (Å²) in [7, 11) is 0. The van der Waals surface area contributed by atoms with Gasteiger partial charge in [-0.1, -0.05) is 35.5 Å². The second-order valence-electron chi connectivity index (χ2n) is 5.23. The van der Waals surface area contributed by atoms with Crippen molar-refractivity contribution in [1.82, 2.24) is 10.5 Å². The van der Waals surface area contributed by atoms with Crippen LogP contribution in [0.5, 0.6) is 0 Å². The molecule has 2 aromatic rings. The van der Waals surface area contributed by atoms with Crippen molar-refractivity contribution in [1.29, 1.82) is 0 Å². The van der Waals surface area contributed by atoms with Crippen LogP contribution in [0, 0.1) is 13.8 Å². The molecule has 0 aliphatic rings. The molecule has 1 N–H and O–H groups in total. The average molecular weight is 316 g/mol. The number of ether oxygens (including phenoxy) is 1. The summed E-state index contributed by atoms with van der Waals surface area (Å²) in [5, 5.41) is 6.40. The van der Waals surface area contributed by atoms with Gasteiger partial charge in [-0.2, -0.15) is 0 Å². The third kappa shape index (κ3) is 5.25. The van der Waals surface area contributed by atoms with E-state index in [0.29, 0.717) is 6.42 Å². The molecule has 6 nitrogen and oxygen atoms in total. The van der Waals surface area contributed by atoms with Crippen molar-refractivity contribution in [2.45, 2.75) is 33.3 Å². The summed E-state index contributed by atoms with van der Waals surface area (Å²) in [5.74, 6) is 0.0544. The summed E-state index contributed by atoms with van der Waals surface area (Å²) < 4.78 is 10.1. The highest BCUT2D eigenvalue weighted by atomic mass is 16.5. The lowest BCUT2D eigenvalue weighted by Gasteiger charge is -2.06. The van der Waals surface area contributed by atoms with Crippen molar-refractivity contribution in [2.24, 2.45) is 0 Å². The fraction of sp³-hybridized carbons (Fsp3) is 0.353. The summed E-state index contributed by atoms with van der Waals surface area (Å²) in [6.07, 6.45) is 0.806. The molecule has 0 saturated carbocycles. The Morgan fingerprint density at radius 1 is 1.22 bits per heavy atom. The molecule has 1 heterocycles. The van der Waals surface area contributed by atoms with E-state index in [4.69, 9.17) is 9.26 Å². The number of aryl methyl sites for hydroxylation is 2. The van der Waals surface area contributed by atoms with Crippen LogP contribution < -0.4 is 5.32 Å². The van der Waals surface area contributed by atoms with Crippen LogP contribution in [-0.4, -0.2) is 23.6 Å². The lowest BCUT2D eigenvalue weighted by Crippen LogP contribution is -2.30. The number of nitrogens with zero attached hydrogens (tertiary/aromatic N) is 1. The van der Waals surface area contributed by atoms with Gasteiger partial charge in [0.15, 0.2) is 0 Å². The largest absolute Gasteiger partial charge is 0.460 e. The molecule has 0 aliphatic carbocycles. The number of hydrogen-bond donors (Lipinski definition) is 1. The number of aromatic nitrogens is 1. The number of carbonyl (C=O) groups excluding carboxylic acids is 2. The molecule has 23 heavy (non-hydrogen) atoms. The predicted molar refractivity (Wildman–Crippen MR) is 83.5 cm³/mol. The molecule has 6 heteroatoms. The van der Waals surface area contributed by atoms with E-state index in [-0.39, 0.29) is 25.5 Å². The minimum atomic E-state index is -0.459. The molecular weight excluding hydrogens is 296 g/mol. The van der Waals surface area contributed by atoms with Crippen LogP contribution in [0.3, 0.4) is 0 Å². The molecule has 0 spiro atoms. The third-order valence-corrected chi connectivity index (χ3v) is 3.46. The Kier molecular flexibility index (Phi) is 5.91. The first-order chi connectivity index (χ1) is 11.1. The van der Waals surface area contributed by atoms with Crippen LogP contribution in [0.25, 0.3) is 0 Å². The first kappa shape index (κ1) is 16.7. The van der Waals surface area contributed by atoms with Gasteiger partial charge in [0.25, 0.3) is 0 Å². The third-order valence-electron chi connectivity index (χ3n) is 3.46. The van der Waals surface area contributed by atoms with Gasteiger partial charge < -0.3 is 14.6 Å². The van der Waals surface area contributed by atoms with Gasteiger partial charge in [0.2, 0.25) is 5.91 Å². The second kappa shape index (κ2) is 8.12. The number of benzene rings is 1. The van der Waals surface area contributed by atoms with Gasteiger partial charge in [0.05, 0.1) is 5.69 Å². The Morgan fingerprint density at radius 2 is 1.96 bits per heavy atom. The van der Waals surface area contributed by atoms with E-state index in [1.807, 2.05) is 44.2 Å². The zero-order chi connectivity index (χ0) is 16.7. The number of hydrogen-bond acceptors (Lipinski definition) is 5. The Hall–Kier alpha value is -2.63. The van der Waals surface area contributed by atoms with Crippen molar-refractivity contribution >= 4 is 11.9 Å². The van der Waals surface area contributed by atoms with E-state index in [1.165, 1.54) is 0 Å². The summed E-state index contributed by atoms with van der Waals surface area (Å²) in [4.78, 5) is 23.4. The minimum absolute atomic E-state index is 0.132. The van der Waals surface area contributed by atoms with Gasteiger partial charge in [-0.25, -0.2) is 0 Å². The SMILES string of the molecule is Cc1noc(C)c1CCC(=O)NCC(=O)OCc1ccccc1. The van der Waals surface area contributed by atoms with Gasteiger partial charge in [0.1, 0.15) is 18.9 Å². The van der Waals surface area contributed by atoms with Crippen molar-refractivity contribution < 1.29 is 18.8 Å². The summed E-state index contributed by atoms with van der Waals surface area (Å²) in [6, 6.07) is 9.38. The van der Waals surface area contributed by atoms with E-state index in [9.17, 15) is 9.59 Å². The van der Waals surface area contributed by atoms with Gasteiger partial charge in [0, 0.05) is 12.0 Å². The van der Waals surface area contributed by atoms with Gasteiger partial charge in [-0.3, -0.25) is 9.59 Å². The lowest BCUT2D eigenvalue weighted by atomic mass is 10.1. The maximum Gasteiger partial charge on any atom is 0.325 e. The predicted octanol–water partition coefficient (Wildman–Crippen LogP) is 2.08. The van der Waals surface area contributed by atoms with Crippen LogP contribution >= 0.6 is 0 Å². The molecule has 1 aromatic heterocycles. The number of esters is 1. The highest BCUT2D eigenvalue weighted by Crippen LogP contribution is 2.14. The lowest BCUT2D eigenvalue weighted by molar-refractivity contribution is -0.145. The summed E-state index contributed by atoms with van der Waals surface area (Å²) >= 11 is 0. The Balaban J connectivity index is 1.67. The molecule has 0 fully saturated rings. The fourth-order valence-electron chi connectivity index (χ4n) is 2.15. The smallest absolute Gasteiger partial charge is 0.325 e. The molecule has 1 amide bonds. The maximum atomic E-state index is 11.8. The van der Waals surface area contributed by atoms with Crippen LogP contribution in [0.1, 0.15) is 29.0 Å². The van der Waals surface area contributed by atoms with Crippen molar-refractivity contribution in [3.8, 4) is 0 Å². The summed E-state index contributed by atoms with van der Waals surface area (Å²) in [6.45, 7) is 3.72. The molecule has 0 unspecified atom stereocenters. The van der Waals surface area contributed by atoms with Crippen LogP contribution in [0.4, 0.5) is 0 Å². The van der Waals surface area contributed by atoms with E-state index in [1.54, 1.807) is 0 Å². The molecular formula is C17H20N2O4. The fourth-order valence-corrected chi connectivity index (χ4v) is 2.15. The molecule has 0 aliphatic heterocycles. The molecule has 0 atom stereocenters. The Morgan fingerprint density at radius 3 is 2.61 bits per heavy atom. The zero-order valence-electron chi connectivity index (χ0n) is 13.3. The molecule has 1 aromatic carbocycles. The highest BCUT2D eigenvalue weighted by Gasteiger charge is 2.12. The van der Waals surface area contributed by atoms with E-state index in [2.05, 4.69) is 10.5 Å². The van der Waals surface area contributed by atoms with Gasteiger partial charge in [-0.05, 0) is 25.8 Å². The van der Waals surface area contributed by atoms with Crippen LogP contribution in [-0.2, 0) is 27.4 Å². The van der Waals surface area contributed by atoms with Gasteiger partial charge in [-0.15, -0.1) is 0 Å². The highest BCUT2D eigenvalue weighted by molar-refractivity contribution is 5.82. The van der Waals surface area contributed by atoms with Crippen LogP contribution in [0.2, 0.25) is 0 Å². The van der Waals surface area contributed by atoms with Gasteiger partial charge >= 0.3 is 5.97 Å². The minimum Gasteiger partial charge on any atom is -0.460 e. The summed E-state index contributed by atoms with van der Waals surface area (Å²) in [5.41, 5.74) is 2.63. The number of rotatable bonds is 7. The quantitative estimate of drug-likeness (QED) is 0.791. The monoisotopic (exact) mass is 316 g/mol. The zero-order valence-corrected chi connectivity index (χ0v) is 13.3. The molecule has 0 bridgehead atoms. The molecule has 2 rings (SSSR count). The Bertz CT molecular complexity index is 645. The molecule has 0 radical (unpaired) electrons. The average Bonchev–Trinajstić information content (AvgIpc) is 2.88. The molecule has 122 valence electrons. The maximum absolute atomic E-state index is 11.8. The first-order valence-corrected chi connectivity index (χ1v) is 7.44. The topological polar surface area (TPSA) is 81.4 Å². The van der Waals surface area contributed by atoms with Crippen molar-refractivity contribution in [2.75, 3.05) is 6.54 Å². The number of carbonyl (C=O) groups is 2. The normalized spacial score (nSPS) is 10.3. The van der Waals surface area contributed by atoms with E-state index < -0.39 is 5.97 Å². The first-order valence-electron chi connectivity index (χ1n) is 7.44. The standard InChI is InChI=1S/C17H20N2O4/c1-12-15(13(2)23-19-12)8-9-16(20)18-10-17(21)22-11-14-6-4-3-5-7-14/h3-7H,8-11H2,1-2H3,(H,18,20). The molecule has 0 saturated heterocycles. The van der Waals surface area contributed by atoms with E-state index in [0.717, 1.165) is 22.6 Å². The number of amides is 1.